The Labute approximate surface area is 111 Å². The SMILES string of the molecule is CC1CCC(C(N)c2ccc(OC(C)C)cc2)C1. The number of benzene rings is 1. The molecule has 1 aliphatic rings. The third-order valence-electron chi connectivity index (χ3n) is 3.88. The zero-order chi connectivity index (χ0) is 13.1. The van der Waals surface area contributed by atoms with Gasteiger partial charge in [0.25, 0.3) is 0 Å². The molecule has 2 N–H and O–H groups in total. The molecule has 1 fully saturated rings. The van der Waals surface area contributed by atoms with Gasteiger partial charge in [-0.2, -0.15) is 0 Å². The average molecular weight is 247 g/mol. The summed E-state index contributed by atoms with van der Waals surface area (Å²) in [5.74, 6) is 2.42. The van der Waals surface area contributed by atoms with Gasteiger partial charge in [0.1, 0.15) is 5.75 Å². The Kier molecular flexibility index (Phi) is 4.28. The van der Waals surface area contributed by atoms with Crippen LogP contribution in [-0.2, 0) is 0 Å². The van der Waals surface area contributed by atoms with E-state index in [1.54, 1.807) is 0 Å². The van der Waals surface area contributed by atoms with Gasteiger partial charge in [-0.25, -0.2) is 0 Å². The topological polar surface area (TPSA) is 35.2 Å². The summed E-state index contributed by atoms with van der Waals surface area (Å²) < 4.78 is 5.65. The van der Waals surface area contributed by atoms with E-state index < -0.39 is 0 Å². The van der Waals surface area contributed by atoms with Crippen molar-refractivity contribution >= 4 is 0 Å². The molecule has 2 nitrogen and oxygen atoms in total. The van der Waals surface area contributed by atoms with E-state index >= 15 is 0 Å². The summed E-state index contributed by atoms with van der Waals surface area (Å²) in [5.41, 5.74) is 7.61. The minimum absolute atomic E-state index is 0.183. The minimum Gasteiger partial charge on any atom is -0.491 e. The lowest BCUT2D eigenvalue weighted by Crippen LogP contribution is -2.19. The van der Waals surface area contributed by atoms with Crippen molar-refractivity contribution in [2.45, 2.75) is 52.2 Å². The summed E-state index contributed by atoms with van der Waals surface area (Å²) in [6, 6.07) is 8.49. The normalized spacial score (nSPS) is 25.4. The molecular formula is C16H25NO. The maximum Gasteiger partial charge on any atom is 0.119 e. The molecule has 1 aromatic carbocycles. The molecule has 0 saturated heterocycles. The van der Waals surface area contributed by atoms with E-state index in [-0.39, 0.29) is 12.1 Å². The molecule has 3 atom stereocenters. The smallest absolute Gasteiger partial charge is 0.119 e. The number of ether oxygens (including phenoxy) is 1. The predicted octanol–water partition coefficient (Wildman–Crippen LogP) is 3.91. The Morgan fingerprint density at radius 3 is 2.33 bits per heavy atom. The second kappa shape index (κ2) is 5.75. The lowest BCUT2D eigenvalue weighted by molar-refractivity contribution is 0.242. The van der Waals surface area contributed by atoms with Crippen molar-refractivity contribution in [2.75, 3.05) is 0 Å². The van der Waals surface area contributed by atoms with Crippen LogP contribution in [0.25, 0.3) is 0 Å². The first-order valence-electron chi connectivity index (χ1n) is 7.08. The fourth-order valence-electron chi connectivity index (χ4n) is 2.89. The molecule has 2 rings (SSSR count). The first kappa shape index (κ1) is 13.4. The third kappa shape index (κ3) is 3.26. The first-order chi connectivity index (χ1) is 8.56. The van der Waals surface area contributed by atoms with Gasteiger partial charge in [-0.05, 0) is 56.2 Å². The Morgan fingerprint density at radius 2 is 1.83 bits per heavy atom. The van der Waals surface area contributed by atoms with Gasteiger partial charge in [-0.3, -0.25) is 0 Å². The Morgan fingerprint density at radius 1 is 1.17 bits per heavy atom. The predicted molar refractivity (Wildman–Crippen MR) is 75.6 cm³/mol. The van der Waals surface area contributed by atoms with E-state index in [0.29, 0.717) is 5.92 Å². The molecule has 1 aromatic rings. The summed E-state index contributed by atoms with van der Waals surface area (Å²) >= 11 is 0. The Balaban J connectivity index is 2.00. The molecule has 3 unspecified atom stereocenters. The molecule has 2 heteroatoms. The standard InChI is InChI=1S/C16H25NO/c1-11(2)18-15-8-6-13(7-9-15)16(17)14-5-4-12(3)10-14/h6-9,11-12,14,16H,4-5,10,17H2,1-3H3. The maximum absolute atomic E-state index is 6.37. The van der Waals surface area contributed by atoms with E-state index in [1.807, 2.05) is 26.0 Å². The summed E-state index contributed by atoms with van der Waals surface area (Å²) in [5, 5.41) is 0. The van der Waals surface area contributed by atoms with Gasteiger partial charge in [0.05, 0.1) is 6.10 Å². The number of rotatable bonds is 4. The zero-order valence-electron chi connectivity index (χ0n) is 11.7. The van der Waals surface area contributed by atoms with Crippen LogP contribution in [0.1, 0.15) is 51.6 Å². The Hall–Kier alpha value is -1.02. The van der Waals surface area contributed by atoms with Crippen LogP contribution in [0.15, 0.2) is 24.3 Å². The first-order valence-corrected chi connectivity index (χ1v) is 7.08. The molecule has 0 spiro atoms. The van der Waals surface area contributed by atoms with E-state index in [1.165, 1.54) is 24.8 Å². The Bertz CT molecular complexity index is 371. The van der Waals surface area contributed by atoms with Gasteiger partial charge in [0.15, 0.2) is 0 Å². The number of hydrogen-bond acceptors (Lipinski definition) is 2. The monoisotopic (exact) mass is 247 g/mol. The average Bonchev–Trinajstić information content (AvgIpc) is 2.75. The van der Waals surface area contributed by atoms with Crippen molar-refractivity contribution in [1.82, 2.24) is 0 Å². The van der Waals surface area contributed by atoms with Gasteiger partial charge < -0.3 is 10.5 Å². The van der Waals surface area contributed by atoms with Crippen LogP contribution in [0.4, 0.5) is 0 Å². The fourth-order valence-corrected chi connectivity index (χ4v) is 2.89. The molecular weight excluding hydrogens is 222 g/mol. The van der Waals surface area contributed by atoms with Crippen LogP contribution in [0, 0.1) is 11.8 Å². The highest BCUT2D eigenvalue weighted by Crippen LogP contribution is 2.37. The van der Waals surface area contributed by atoms with Crippen molar-refractivity contribution in [3.05, 3.63) is 29.8 Å². The van der Waals surface area contributed by atoms with Crippen LogP contribution in [0.3, 0.4) is 0 Å². The molecule has 18 heavy (non-hydrogen) atoms. The molecule has 1 saturated carbocycles. The molecule has 100 valence electrons. The van der Waals surface area contributed by atoms with Gasteiger partial charge in [0.2, 0.25) is 0 Å². The lowest BCUT2D eigenvalue weighted by atomic mass is 9.92. The number of hydrogen-bond donors (Lipinski definition) is 1. The highest BCUT2D eigenvalue weighted by atomic mass is 16.5. The van der Waals surface area contributed by atoms with E-state index in [4.69, 9.17) is 10.5 Å². The van der Waals surface area contributed by atoms with E-state index in [2.05, 4.69) is 19.1 Å². The molecule has 0 radical (unpaired) electrons. The molecule has 0 aliphatic heterocycles. The third-order valence-corrected chi connectivity index (χ3v) is 3.88. The fraction of sp³-hybridized carbons (Fsp3) is 0.625. The van der Waals surface area contributed by atoms with E-state index in [9.17, 15) is 0 Å². The van der Waals surface area contributed by atoms with Gasteiger partial charge in [0, 0.05) is 6.04 Å². The van der Waals surface area contributed by atoms with Crippen LogP contribution in [0.5, 0.6) is 5.75 Å². The van der Waals surface area contributed by atoms with Crippen molar-refractivity contribution in [2.24, 2.45) is 17.6 Å². The highest BCUT2D eigenvalue weighted by molar-refractivity contribution is 5.29. The highest BCUT2D eigenvalue weighted by Gasteiger charge is 2.27. The van der Waals surface area contributed by atoms with Crippen LogP contribution >= 0.6 is 0 Å². The van der Waals surface area contributed by atoms with Gasteiger partial charge in [-0.15, -0.1) is 0 Å². The summed E-state index contributed by atoms with van der Waals surface area (Å²) in [7, 11) is 0. The van der Waals surface area contributed by atoms with Gasteiger partial charge in [-0.1, -0.05) is 25.5 Å². The van der Waals surface area contributed by atoms with Crippen LogP contribution < -0.4 is 10.5 Å². The molecule has 1 aliphatic carbocycles. The van der Waals surface area contributed by atoms with Crippen molar-refractivity contribution < 1.29 is 4.74 Å². The molecule has 0 bridgehead atoms. The minimum atomic E-state index is 0.183. The zero-order valence-corrected chi connectivity index (χ0v) is 11.7. The number of nitrogens with two attached hydrogens (primary N) is 1. The van der Waals surface area contributed by atoms with Crippen molar-refractivity contribution in [3.63, 3.8) is 0 Å². The van der Waals surface area contributed by atoms with Crippen molar-refractivity contribution in [3.8, 4) is 5.75 Å². The summed E-state index contributed by atoms with van der Waals surface area (Å²) in [4.78, 5) is 0. The van der Waals surface area contributed by atoms with Gasteiger partial charge >= 0.3 is 0 Å². The summed E-state index contributed by atoms with van der Waals surface area (Å²) in [6.07, 6.45) is 4.09. The van der Waals surface area contributed by atoms with Crippen LogP contribution in [-0.4, -0.2) is 6.10 Å². The maximum atomic E-state index is 6.37. The second-order valence-corrected chi connectivity index (χ2v) is 5.94. The molecule has 0 aromatic heterocycles. The summed E-state index contributed by atoms with van der Waals surface area (Å²) in [6.45, 7) is 6.41. The van der Waals surface area contributed by atoms with Crippen LogP contribution in [0.2, 0.25) is 0 Å². The molecule has 0 heterocycles. The largest absolute Gasteiger partial charge is 0.491 e. The quantitative estimate of drug-likeness (QED) is 0.875. The lowest BCUT2D eigenvalue weighted by Gasteiger charge is -2.20. The van der Waals surface area contributed by atoms with E-state index in [0.717, 1.165) is 11.7 Å². The second-order valence-electron chi connectivity index (χ2n) is 5.94. The molecule has 0 amide bonds. The van der Waals surface area contributed by atoms with Crippen molar-refractivity contribution in [1.29, 1.82) is 0 Å².